The molecule has 0 radical (unpaired) electrons. The number of carbonyl (C=O) groups is 3. The third-order valence-corrected chi connectivity index (χ3v) is 11.3. The number of oxime groups is 1. The van der Waals surface area contributed by atoms with Gasteiger partial charge < -0.3 is 20.0 Å². The second-order valence-corrected chi connectivity index (χ2v) is 13.6. The van der Waals surface area contributed by atoms with E-state index in [1.54, 1.807) is 6.92 Å². The van der Waals surface area contributed by atoms with Gasteiger partial charge in [-0.2, -0.15) is 0 Å². The van der Waals surface area contributed by atoms with Crippen molar-refractivity contribution in [3.05, 3.63) is 45.5 Å². The summed E-state index contributed by atoms with van der Waals surface area (Å²) in [5.74, 6) is 0.626. The molecule has 11 nitrogen and oxygen atoms in total. The van der Waals surface area contributed by atoms with Crippen LogP contribution in [0.3, 0.4) is 0 Å². The molecule has 0 spiro atoms. The highest BCUT2D eigenvalue weighted by molar-refractivity contribution is 5.96. The molecular weight excluding hydrogens is 566 g/mol. The van der Waals surface area contributed by atoms with Gasteiger partial charge in [-0.1, -0.05) is 30.6 Å². The maximum atomic E-state index is 12.7. The Morgan fingerprint density at radius 3 is 2.61 bits per heavy atom. The first kappa shape index (κ1) is 31.7. The van der Waals surface area contributed by atoms with Gasteiger partial charge >= 0.3 is 11.7 Å². The van der Waals surface area contributed by atoms with E-state index < -0.39 is 40.9 Å². The van der Waals surface area contributed by atoms with Gasteiger partial charge in [0.25, 0.3) is 5.91 Å². The summed E-state index contributed by atoms with van der Waals surface area (Å²) >= 11 is 0. The van der Waals surface area contributed by atoms with Crippen molar-refractivity contribution in [3.8, 4) is 5.75 Å². The van der Waals surface area contributed by atoms with E-state index in [0.717, 1.165) is 63.1 Å². The van der Waals surface area contributed by atoms with Crippen LogP contribution in [-0.4, -0.2) is 53.2 Å². The number of aromatic hydroxyl groups is 1. The summed E-state index contributed by atoms with van der Waals surface area (Å²) in [6, 6.07) is 2.65. The smallest absolute Gasteiger partial charge is 0.328 e. The second kappa shape index (κ2) is 12.3. The SMILES string of the molecule is COC(=O)[C@H](Cc1ccc(O)c([N+](=O)[O-])c1)NC(=O)CO/N=C1/C=C2CC[C@@H]3[C@H]4CC[C@@H](C(C)=O)[C@@]4(C)CC[C@H]3[C@@]2(C)CC1. The van der Waals surface area contributed by atoms with Crippen molar-refractivity contribution in [2.24, 2.45) is 39.7 Å². The normalized spacial score (nSPS) is 32.4. The zero-order valence-electron chi connectivity index (χ0n) is 26.0. The highest BCUT2D eigenvalue weighted by Crippen LogP contribution is 2.66. The van der Waals surface area contributed by atoms with Crippen LogP contribution in [0.4, 0.5) is 5.69 Å². The van der Waals surface area contributed by atoms with Gasteiger partial charge in [-0.15, -0.1) is 0 Å². The number of ketones is 1. The first-order chi connectivity index (χ1) is 20.9. The number of rotatable bonds is 9. The molecule has 2 N–H and O–H groups in total. The number of allylic oxidation sites excluding steroid dienone is 2. The highest BCUT2D eigenvalue weighted by atomic mass is 16.6. The summed E-state index contributed by atoms with van der Waals surface area (Å²) in [6.07, 6.45) is 10.4. The van der Waals surface area contributed by atoms with E-state index in [2.05, 4.69) is 30.4 Å². The van der Waals surface area contributed by atoms with Crippen LogP contribution in [-0.2, 0) is 30.4 Å². The molecule has 238 valence electrons. The highest BCUT2D eigenvalue weighted by Gasteiger charge is 2.59. The van der Waals surface area contributed by atoms with Crippen LogP contribution in [0.5, 0.6) is 5.75 Å². The largest absolute Gasteiger partial charge is 0.502 e. The number of nitro groups is 1. The van der Waals surface area contributed by atoms with Crippen LogP contribution >= 0.6 is 0 Å². The van der Waals surface area contributed by atoms with E-state index in [1.165, 1.54) is 24.8 Å². The first-order valence-electron chi connectivity index (χ1n) is 15.6. The third-order valence-electron chi connectivity index (χ3n) is 11.3. The van der Waals surface area contributed by atoms with Crippen molar-refractivity contribution in [2.45, 2.75) is 84.6 Å². The molecule has 0 saturated heterocycles. The minimum atomic E-state index is -1.11. The van der Waals surface area contributed by atoms with E-state index in [9.17, 15) is 29.6 Å². The van der Waals surface area contributed by atoms with E-state index in [0.29, 0.717) is 29.1 Å². The Bertz CT molecular complexity index is 1410. The maximum absolute atomic E-state index is 12.7. The van der Waals surface area contributed by atoms with Crippen LogP contribution in [0.25, 0.3) is 0 Å². The number of fused-ring (bicyclic) bond motifs is 5. The van der Waals surface area contributed by atoms with Gasteiger partial charge in [-0.3, -0.25) is 19.7 Å². The van der Waals surface area contributed by atoms with Crippen LogP contribution in [0.1, 0.15) is 77.7 Å². The Labute approximate surface area is 257 Å². The molecule has 1 aromatic rings. The average Bonchev–Trinajstić information content (AvgIpc) is 3.35. The standard InChI is InChI=1S/C33H43N3O8/c1-19(37)24-8-9-25-23-7-6-21-17-22(11-13-32(21,2)26(23)12-14-33(24,25)3)35-44-18-30(39)34-27(31(40)43-4)15-20-5-10-29(38)28(16-20)36(41)42/h5,10,16-17,23-27,38H,6-9,11-15,18H2,1-4H3,(H,34,39)/b35-22+/t23-,24+,25-,26-,27+,32+,33-/m1/s1. The lowest BCUT2D eigenvalue weighted by Gasteiger charge is -2.58. The molecule has 3 fully saturated rings. The molecule has 0 aromatic heterocycles. The molecule has 4 aliphatic rings. The van der Waals surface area contributed by atoms with Gasteiger partial charge in [0.1, 0.15) is 11.8 Å². The van der Waals surface area contributed by atoms with Crippen LogP contribution in [0.15, 0.2) is 35.0 Å². The summed E-state index contributed by atoms with van der Waals surface area (Å²) < 4.78 is 4.80. The summed E-state index contributed by atoms with van der Waals surface area (Å²) in [6.45, 7) is 6.13. The van der Waals surface area contributed by atoms with Gasteiger partial charge in [-0.25, -0.2) is 4.79 Å². The van der Waals surface area contributed by atoms with Crippen LogP contribution in [0.2, 0.25) is 0 Å². The number of amides is 1. The van der Waals surface area contributed by atoms with Crippen molar-refractivity contribution in [1.82, 2.24) is 5.32 Å². The molecule has 11 heteroatoms. The van der Waals surface area contributed by atoms with Gasteiger partial charge in [0.2, 0.25) is 0 Å². The minimum Gasteiger partial charge on any atom is -0.502 e. The molecule has 0 bridgehead atoms. The molecule has 4 aliphatic carbocycles. The number of hydrogen-bond donors (Lipinski definition) is 2. The molecule has 3 saturated carbocycles. The number of hydrogen-bond acceptors (Lipinski definition) is 9. The zero-order valence-corrected chi connectivity index (χ0v) is 26.0. The topological polar surface area (TPSA) is 157 Å². The fourth-order valence-corrected chi connectivity index (χ4v) is 9.13. The molecular formula is C33H43N3O8. The third kappa shape index (κ3) is 5.85. The van der Waals surface area contributed by atoms with Gasteiger partial charge in [0.05, 0.1) is 17.7 Å². The number of nitrogens with zero attached hydrogens (tertiary/aromatic N) is 2. The van der Waals surface area contributed by atoms with E-state index >= 15 is 0 Å². The molecule has 1 amide bonds. The van der Waals surface area contributed by atoms with Crippen molar-refractivity contribution in [3.63, 3.8) is 0 Å². The van der Waals surface area contributed by atoms with E-state index in [-0.39, 0.29) is 23.2 Å². The number of carbonyl (C=O) groups excluding carboxylic acids is 3. The minimum absolute atomic E-state index is 0.0731. The number of ether oxygens (including phenoxy) is 1. The first-order valence-corrected chi connectivity index (χ1v) is 15.6. The summed E-state index contributed by atoms with van der Waals surface area (Å²) in [7, 11) is 1.18. The Balaban J connectivity index is 1.19. The summed E-state index contributed by atoms with van der Waals surface area (Å²) in [4.78, 5) is 53.3. The molecule has 44 heavy (non-hydrogen) atoms. The number of esters is 1. The molecule has 0 unspecified atom stereocenters. The predicted octanol–water partition coefficient (Wildman–Crippen LogP) is 5.04. The number of phenols is 1. The fourth-order valence-electron chi connectivity index (χ4n) is 9.13. The predicted molar refractivity (Wildman–Crippen MR) is 162 cm³/mol. The number of phenolic OH excluding ortho intramolecular Hbond substituents is 1. The second-order valence-electron chi connectivity index (χ2n) is 13.6. The maximum Gasteiger partial charge on any atom is 0.328 e. The van der Waals surface area contributed by atoms with Crippen LogP contribution in [0, 0.1) is 44.6 Å². The summed E-state index contributed by atoms with van der Waals surface area (Å²) in [5.41, 5.74) is 2.30. The van der Waals surface area contributed by atoms with E-state index in [4.69, 9.17) is 9.57 Å². The lowest BCUT2D eigenvalue weighted by atomic mass is 9.46. The quantitative estimate of drug-likeness (QED) is 0.224. The lowest BCUT2D eigenvalue weighted by molar-refractivity contribution is -0.385. The fraction of sp³-hybridized carbons (Fsp3) is 0.636. The molecule has 5 rings (SSSR count). The van der Waals surface area contributed by atoms with E-state index in [1.807, 2.05) is 0 Å². The Morgan fingerprint density at radius 1 is 1.14 bits per heavy atom. The Kier molecular flexibility index (Phi) is 8.87. The number of nitro benzene ring substituents is 1. The van der Waals surface area contributed by atoms with Gasteiger partial charge in [0.15, 0.2) is 12.4 Å². The van der Waals surface area contributed by atoms with Crippen molar-refractivity contribution >= 4 is 29.1 Å². The van der Waals surface area contributed by atoms with Gasteiger partial charge in [-0.05, 0) is 105 Å². The summed E-state index contributed by atoms with van der Waals surface area (Å²) in [5, 5.41) is 27.7. The van der Waals surface area contributed by atoms with Crippen molar-refractivity contribution < 1.29 is 34.0 Å². The number of methoxy groups -OCH3 is 1. The molecule has 7 atom stereocenters. The Hall–Kier alpha value is -3.76. The monoisotopic (exact) mass is 609 g/mol. The lowest BCUT2D eigenvalue weighted by Crippen LogP contribution is -2.51. The molecule has 1 aromatic carbocycles. The van der Waals surface area contributed by atoms with Crippen molar-refractivity contribution in [2.75, 3.05) is 13.7 Å². The van der Waals surface area contributed by atoms with Crippen LogP contribution < -0.4 is 5.32 Å². The number of nitrogens with one attached hydrogen (secondary N) is 1. The zero-order chi connectivity index (χ0) is 31.8. The Morgan fingerprint density at radius 2 is 1.91 bits per heavy atom. The molecule has 0 heterocycles. The van der Waals surface area contributed by atoms with Gasteiger partial charge in [0, 0.05) is 18.4 Å². The average molecular weight is 610 g/mol. The number of benzene rings is 1. The molecule has 0 aliphatic heterocycles. The number of Topliss-reactive ketones (excluding diaryl/α,β-unsaturated/α-hetero) is 1. The van der Waals surface area contributed by atoms with Crippen molar-refractivity contribution in [1.29, 1.82) is 0 Å².